The van der Waals surface area contributed by atoms with Crippen molar-refractivity contribution < 1.29 is 23.9 Å². The molecule has 34 heavy (non-hydrogen) atoms. The largest absolute Gasteiger partial charge is 0.491 e. The molecule has 1 heterocycles. The van der Waals surface area contributed by atoms with Crippen molar-refractivity contribution in [1.82, 2.24) is 15.5 Å². The Morgan fingerprint density at radius 3 is 2.76 bits per heavy atom. The monoisotopic (exact) mass is 486 g/mol. The lowest BCUT2D eigenvalue weighted by molar-refractivity contribution is -0.125. The topological polar surface area (TPSA) is 117 Å². The van der Waals surface area contributed by atoms with Crippen LogP contribution in [-0.2, 0) is 16.1 Å². The molecule has 2 aromatic carbocycles. The third kappa shape index (κ3) is 5.85. The van der Waals surface area contributed by atoms with E-state index in [1.54, 1.807) is 30.3 Å². The van der Waals surface area contributed by atoms with Crippen LogP contribution >= 0.6 is 11.6 Å². The Kier molecular flexibility index (Phi) is 8.48. The highest BCUT2D eigenvalue weighted by atomic mass is 35.5. The van der Waals surface area contributed by atoms with Crippen LogP contribution in [0.3, 0.4) is 0 Å². The van der Waals surface area contributed by atoms with E-state index in [1.165, 1.54) is 11.9 Å². The summed E-state index contributed by atoms with van der Waals surface area (Å²) in [6.45, 7) is 2.48. The van der Waals surface area contributed by atoms with Crippen LogP contribution in [0.25, 0.3) is 0 Å². The number of halogens is 1. The molecule has 0 saturated carbocycles. The fourth-order valence-corrected chi connectivity index (χ4v) is 3.89. The zero-order valence-corrected chi connectivity index (χ0v) is 19.8. The number of ether oxygens (including phenoxy) is 1. The van der Waals surface area contributed by atoms with Crippen molar-refractivity contribution >= 4 is 41.4 Å². The number of hydrogen-bond donors (Lipinski definition) is 3. The average molecular weight is 487 g/mol. The molecule has 4 amide bonds. The molecule has 10 heteroatoms. The van der Waals surface area contributed by atoms with Gasteiger partial charge in [0, 0.05) is 35.3 Å². The molecule has 3 N–H and O–H groups in total. The predicted octanol–water partition coefficient (Wildman–Crippen LogP) is 2.90. The van der Waals surface area contributed by atoms with Gasteiger partial charge in [-0.2, -0.15) is 0 Å². The minimum Gasteiger partial charge on any atom is -0.491 e. The fraction of sp³-hybridized carbons (Fsp3) is 0.333. The van der Waals surface area contributed by atoms with Gasteiger partial charge in [0.1, 0.15) is 24.7 Å². The molecule has 9 nitrogen and oxygen atoms in total. The maximum absolute atomic E-state index is 12.9. The van der Waals surface area contributed by atoms with E-state index in [9.17, 15) is 19.2 Å². The first kappa shape index (κ1) is 25.0. The van der Waals surface area contributed by atoms with Crippen LogP contribution in [-0.4, -0.2) is 55.3 Å². The highest BCUT2D eigenvalue weighted by molar-refractivity contribution is 6.31. The summed E-state index contributed by atoms with van der Waals surface area (Å²) in [6.07, 6.45) is 1.14. The van der Waals surface area contributed by atoms with E-state index in [1.807, 2.05) is 13.0 Å². The lowest BCUT2D eigenvalue weighted by Crippen LogP contribution is -2.46. The van der Waals surface area contributed by atoms with E-state index in [2.05, 4.69) is 16.0 Å². The van der Waals surface area contributed by atoms with E-state index >= 15 is 0 Å². The molecule has 180 valence electrons. The van der Waals surface area contributed by atoms with Gasteiger partial charge in [-0.25, -0.2) is 4.79 Å². The van der Waals surface area contributed by atoms with E-state index in [0.717, 1.165) is 11.8 Å². The lowest BCUT2D eigenvalue weighted by atomic mass is 10.1. The molecule has 0 aliphatic carbocycles. The molecular weight excluding hydrogens is 460 g/mol. The third-order valence-electron chi connectivity index (χ3n) is 5.51. The number of carbonyl (C=O) groups excluding carboxylic acids is 4. The first-order valence-electron chi connectivity index (χ1n) is 10.9. The number of amides is 4. The number of anilines is 1. The molecule has 3 rings (SSSR count). The van der Waals surface area contributed by atoms with Gasteiger partial charge < -0.3 is 30.4 Å². The van der Waals surface area contributed by atoms with Crippen LogP contribution in [0.2, 0.25) is 5.02 Å². The average Bonchev–Trinajstić information content (AvgIpc) is 3.16. The van der Waals surface area contributed by atoms with Crippen LogP contribution in [0.15, 0.2) is 36.4 Å². The number of nitrogens with zero attached hydrogens (tertiary/aromatic N) is 1. The molecule has 1 aliphatic rings. The summed E-state index contributed by atoms with van der Waals surface area (Å²) in [4.78, 5) is 49.6. The van der Waals surface area contributed by atoms with Gasteiger partial charge in [-0.05, 0) is 43.2 Å². The van der Waals surface area contributed by atoms with E-state index < -0.39 is 12.1 Å². The molecule has 0 fully saturated rings. The number of carbonyl (C=O) groups is 4. The zero-order chi connectivity index (χ0) is 24.7. The third-order valence-corrected chi connectivity index (χ3v) is 5.92. The summed E-state index contributed by atoms with van der Waals surface area (Å²) < 4.78 is 5.83. The first-order chi connectivity index (χ1) is 16.3. The van der Waals surface area contributed by atoms with Gasteiger partial charge >= 0.3 is 6.03 Å². The number of likely N-dealkylation sites (N-methyl/N-ethyl adjacent to an activating group) is 1. The predicted molar refractivity (Wildman–Crippen MR) is 128 cm³/mol. The van der Waals surface area contributed by atoms with Gasteiger partial charge in [-0.3, -0.25) is 9.59 Å². The van der Waals surface area contributed by atoms with Crippen molar-refractivity contribution in [2.75, 3.05) is 25.5 Å². The van der Waals surface area contributed by atoms with Crippen molar-refractivity contribution in [3.8, 4) is 5.75 Å². The Labute approximate surface area is 202 Å². The second-order valence-electron chi connectivity index (χ2n) is 7.78. The number of nitrogens with one attached hydrogen (secondary N) is 3. The molecular formula is C24H27ClN4O5. The van der Waals surface area contributed by atoms with Gasteiger partial charge in [0.25, 0.3) is 5.91 Å². The number of benzene rings is 2. The summed E-state index contributed by atoms with van der Waals surface area (Å²) in [6, 6.07) is 9.23. The van der Waals surface area contributed by atoms with Crippen LogP contribution in [0, 0.1) is 6.92 Å². The van der Waals surface area contributed by atoms with Gasteiger partial charge in [-0.1, -0.05) is 23.7 Å². The van der Waals surface area contributed by atoms with Crippen molar-refractivity contribution in [2.24, 2.45) is 0 Å². The number of aldehydes is 1. The van der Waals surface area contributed by atoms with Crippen molar-refractivity contribution in [2.45, 2.75) is 32.4 Å². The minimum atomic E-state index is -0.747. The fourth-order valence-electron chi connectivity index (χ4n) is 3.71. The molecule has 2 aromatic rings. The summed E-state index contributed by atoms with van der Waals surface area (Å²) in [5.41, 5.74) is 2.62. The van der Waals surface area contributed by atoms with Crippen molar-refractivity contribution in [3.05, 3.63) is 58.1 Å². The maximum Gasteiger partial charge on any atom is 0.319 e. The number of fused-ring (bicyclic) bond motifs is 1. The Morgan fingerprint density at radius 1 is 1.26 bits per heavy atom. The quantitative estimate of drug-likeness (QED) is 0.352. The summed E-state index contributed by atoms with van der Waals surface area (Å²) >= 11 is 6.07. The minimum absolute atomic E-state index is 0.171. The Morgan fingerprint density at radius 2 is 2.06 bits per heavy atom. The van der Waals surface area contributed by atoms with Gasteiger partial charge in [0.05, 0.1) is 13.1 Å². The second kappa shape index (κ2) is 11.5. The van der Waals surface area contributed by atoms with Crippen LogP contribution in [0.4, 0.5) is 10.5 Å². The number of urea groups is 1. The van der Waals surface area contributed by atoms with Gasteiger partial charge in [-0.15, -0.1) is 0 Å². The Hall–Kier alpha value is -3.59. The van der Waals surface area contributed by atoms with Crippen molar-refractivity contribution in [1.29, 1.82) is 0 Å². The molecule has 1 unspecified atom stereocenters. The lowest BCUT2D eigenvalue weighted by Gasteiger charge is -2.25. The van der Waals surface area contributed by atoms with E-state index in [0.29, 0.717) is 27.6 Å². The van der Waals surface area contributed by atoms with E-state index in [-0.39, 0.29) is 44.4 Å². The smallest absolute Gasteiger partial charge is 0.319 e. The standard InChI is InChI=1S/C24H27ClN4O5/c1-15-8-9-16(13-19(15)25)28-24(33)27-10-12-34-21-7-3-5-17-18(21)14-29(23(17)32)20(6-4-11-30)22(31)26-2/h3,5,7-9,11,13,20H,4,6,10,12,14H2,1-2H3,(H,26,31)(H2,27,28,33). The highest BCUT2D eigenvalue weighted by Crippen LogP contribution is 2.33. The number of rotatable bonds is 10. The van der Waals surface area contributed by atoms with Crippen LogP contribution in [0.5, 0.6) is 5.75 Å². The number of aryl methyl sites for hydroxylation is 1. The summed E-state index contributed by atoms with van der Waals surface area (Å²) in [5.74, 6) is -0.100. The molecule has 0 radical (unpaired) electrons. The van der Waals surface area contributed by atoms with Crippen LogP contribution in [0.1, 0.15) is 34.3 Å². The van der Waals surface area contributed by atoms with Gasteiger partial charge in [0.15, 0.2) is 0 Å². The SMILES string of the molecule is CNC(=O)C(CCC=O)N1Cc2c(OCCNC(=O)Nc3ccc(C)c(Cl)c3)cccc2C1=O. The maximum atomic E-state index is 12.9. The Bertz CT molecular complexity index is 1090. The summed E-state index contributed by atoms with van der Waals surface area (Å²) in [5, 5.41) is 8.52. The number of hydrogen-bond acceptors (Lipinski definition) is 5. The zero-order valence-electron chi connectivity index (χ0n) is 19.0. The first-order valence-corrected chi connectivity index (χ1v) is 11.3. The van der Waals surface area contributed by atoms with Crippen LogP contribution < -0.4 is 20.7 Å². The molecule has 0 aromatic heterocycles. The summed E-state index contributed by atoms with van der Waals surface area (Å²) in [7, 11) is 1.50. The van der Waals surface area contributed by atoms with E-state index in [4.69, 9.17) is 16.3 Å². The Balaban J connectivity index is 1.57. The highest BCUT2D eigenvalue weighted by Gasteiger charge is 2.37. The molecule has 0 bridgehead atoms. The molecule has 0 saturated heterocycles. The molecule has 1 atom stereocenters. The van der Waals surface area contributed by atoms with Crippen molar-refractivity contribution in [3.63, 3.8) is 0 Å². The second-order valence-corrected chi connectivity index (χ2v) is 8.19. The molecule has 1 aliphatic heterocycles. The molecule has 0 spiro atoms. The van der Waals surface area contributed by atoms with Gasteiger partial charge in [0.2, 0.25) is 5.91 Å². The normalized spacial score (nSPS) is 13.1.